The number of methoxy groups -OCH3 is 1. The van der Waals surface area contributed by atoms with Crippen molar-refractivity contribution in [2.24, 2.45) is 0 Å². The molecule has 0 saturated heterocycles. The van der Waals surface area contributed by atoms with Crippen molar-refractivity contribution < 1.29 is 27.5 Å². The summed E-state index contributed by atoms with van der Waals surface area (Å²) in [5.41, 5.74) is 0.811. The summed E-state index contributed by atoms with van der Waals surface area (Å²) >= 11 is 0. The number of nitrogens with zero attached hydrogens (tertiary/aromatic N) is 2. The highest BCUT2D eigenvalue weighted by molar-refractivity contribution is 7.93. The van der Waals surface area contributed by atoms with Gasteiger partial charge in [0.15, 0.2) is 0 Å². The Morgan fingerprint density at radius 3 is 1.97 bits per heavy atom. The molecule has 4 rings (SSSR count). The van der Waals surface area contributed by atoms with Crippen molar-refractivity contribution in [2.45, 2.75) is 17.7 Å². The normalized spacial score (nSPS) is 13.0. The molecule has 0 unspecified atom stereocenters. The van der Waals surface area contributed by atoms with Crippen molar-refractivity contribution in [3.05, 3.63) is 90.0 Å². The number of hydrogen-bond donors (Lipinski definition) is 0. The summed E-state index contributed by atoms with van der Waals surface area (Å²) in [6, 6.07) is 20.3. The molecule has 1 aliphatic rings. The lowest BCUT2D eigenvalue weighted by atomic mass is 10.1. The SMILES string of the molecule is COc1ccc(N(C(=O)CCCN2C(=O)c3ccccc3C2=O)S(=O)(=O)c2ccccc2)cc1. The summed E-state index contributed by atoms with van der Waals surface area (Å²) < 4.78 is 32.6. The van der Waals surface area contributed by atoms with Crippen molar-refractivity contribution in [1.29, 1.82) is 0 Å². The molecule has 174 valence electrons. The molecular weight excluding hydrogens is 456 g/mol. The second-order valence-corrected chi connectivity index (χ2v) is 9.37. The number of amides is 3. The van der Waals surface area contributed by atoms with E-state index < -0.39 is 27.7 Å². The summed E-state index contributed by atoms with van der Waals surface area (Å²) in [6.45, 7) is -0.0000756. The molecule has 8 nitrogen and oxygen atoms in total. The van der Waals surface area contributed by atoms with E-state index in [-0.39, 0.29) is 30.0 Å². The Kier molecular flexibility index (Phi) is 6.47. The number of carbonyl (C=O) groups excluding carboxylic acids is 3. The Morgan fingerprint density at radius 1 is 0.853 bits per heavy atom. The average molecular weight is 479 g/mol. The second-order valence-electron chi connectivity index (χ2n) is 7.59. The van der Waals surface area contributed by atoms with Gasteiger partial charge in [-0.2, -0.15) is 0 Å². The van der Waals surface area contributed by atoms with Crippen LogP contribution in [0.2, 0.25) is 0 Å². The van der Waals surface area contributed by atoms with Crippen LogP contribution in [0.3, 0.4) is 0 Å². The average Bonchev–Trinajstić information content (AvgIpc) is 3.10. The number of fused-ring (bicyclic) bond motifs is 1. The quantitative estimate of drug-likeness (QED) is 0.460. The Morgan fingerprint density at radius 2 is 1.41 bits per heavy atom. The lowest BCUT2D eigenvalue weighted by molar-refractivity contribution is -0.117. The number of sulfonamides is 1. The number of benzene rings is 3. The molecule has 0 atom stereocenters. The van der Waals surface area contributed by atoms with E-state index >= 15 is 0 Å². The van der Waals surface area contributed by atoms with E-state index in [0.29, 0.717) is 16.9 Å². The van der Waals surface area contributed by atoms with Crippen LogP contribution in [0.4, 0.5) is 5.69 Å². The van der Waals surface area contributed by atoms with Gasteiger partial charge < -0.3 is 4.74 Å². The molecule has 0 N–H and O–H groups in total. The molecule has 3 amide bonds. The van der Waals surface area contributed by atoms with Gasteiger partial charge in [0.2, 0.25) is 5.91 Å². The first kappa shape index (κ1) is 23.2. The highest BCUT2D eigenvalue weighted by Crippen LogP contribution is 2.28. The molecule has 0 saturated carbocycles. The number of anilines is 1. The summed E-state index contributed by atoms with van der Waals surface area (Å²) in [6.07, 6.45) is -0.0766. The van der Waals surface area contributed by atoms with E-state index in [4.69, 9.17) is 4.74 Å². The number of rotatable bonds is 8. The monoisotopic (exact) mass is 478 g/mol. The number of ether oxygens (including phenoxy) is 1. The van der Waals surface area contributed by atoms with Crippen LogP contribution < -0.4 is 9.04 Å². The molecule has 0 spiro atoms. The van der Waals surface area contributed by atoms with E-state index in [9.17, 15) is 22.8 Å². The van der Waals surface area contributed by atoms with Crippen LogP contribution in [0, 0.1) is 0 Å². The van der Waals surface area contributed by atoms with Gasteiger partial charge in [0.1, 0.15) is 5.75 Å². The lowest BCUT2D eigenvalue weighted by Crippen LogP contribution is -2.38. The standard InChI is InChI=1S/C25H22N2O6S/c1-33-19-15-13-18(14-16-19)27(34(31,32)20-8-3-2-4-9-20)23(28)12-7-17-26-24(29)21-10-5-6-11-22(21)25(26)30/h2-6,8-11,13-16H,7,12,17H2,1H3. The Hall–Kier alpha value is -3.98. The number of carbonyl (C=O) groups is 3. The van der Waals surface area contributed by atoms with Gasteiger partial charge in [-0.05, 0) is 55.0 Å². The number of imide groups is 1. The van der Waals surface area contributed by atoms with Gasteiger partial charge in [-0.15, -0.1) is 0 Å². The Bertz CT molecular complexity index is 1300. The molecule has 1 aliphatic heterocycles. The van der Waals surface area contributed by atoms with Gasteiger partial charge in [0.25, 0.3) is 21.8 Å². The zero-order valence-corrected chi connectivity index (χ0v) is 19.2. The summed E-state index contributed by atoms with van der Waals surface area (Å²) in [5, 5.41) is 0. The van der Waals surface area contributed by atoms with Gasteiger partial charge in [-0.3, -0.25) is 19.3 Å². The third-order valence-corrected chi connectivity index (χ3v) is 7.23. The molecule has 3 aromatic rings. The van der Waals surface area contributed by atoms with Crippen LogP contribution in [0.15, 0.2) is 83.8 Å². The molecular formula is C25H22N2O6S. The zero-order chi connectivity index (χ0) is 24.3. The van der Waals surface area contributed by atoms with E-state index in [1.165, 1.54) is 31.4 Å². The van der Waals surface area contributed by atoms with Crippen LogP contribution in [0.1, 0.15) is 33.6 Å². The van der Waals surface area contributed by atoms with Gasteiger partial charge >= 0.3 is 0 Å². The fourth-order valence-corrected chi connectivity index (χ4v) is 5.23. The van der Waals surface area contributed by atoms with Crippen molar-refractivity contribution in [2.75, 3.05) is 18.0 Å². The predicted molar refractivity (Wildman–Crippen MR) is 125 cm³/mol. The minimum absolute atomic E-state index is 0.0000756. The minimum Gasteiger partial charge on any atom is -0.497 e. The third kappa shape index (κ3) is 4.29. The maximum absolute atomic E-state index is 13.4. The largest absolute Gasteiger partial charge is 0.497 e. The third-order valence-electron chi connectivity index (χ3n) is 5.47. The molecule has 0 fully saturated rings. The van der Waals surface area contributed by atoms with Gasteiger partial charge in [0, 0.05) is 13.0 Å². The van der Waals surface area contributed by atoms with E-state index in [0.717, 1.165) is 9.21 Å². The summed E-state index contributed by atoms with van der Waals surface area (Å²) in [7, 11) is -2.71. The number of hydrogen-bond acceptors (Lipinski definition) is 6. The molecule has 0 radical (unpaired) electrons. The summed E-state index contributed by atoms with van der Waals surface area (Å²) in [5.74, 6) is -1.00. The molecule has 1 heterocycles. The van der Waals surface area contributed by atoms with Crippen molar-refractivity contribution in [3.63, 3.8) is 0 Å². The van der Waals surface area contributed by atoms with Crippen LogP contribution in [0.5, 0.6) is 5.75 Å². The minimum atomic E-state index is -4.19. The van der Waals surface area contributed by atoms with E-state index in [1.54, 1.807) is 54.6 Å². The smallest absolute Gasteiger partial charge is 0.270 e. The van der Waals surface area contributed by atoms with E-state index in [2.05, 4.69) is 0 Å². The van der Waals surface area contributed by atoms with Gasteiger partial charge in [-0.25, -0.2) is 12.7 Å². The first-order chi connectivity index (χ1) is 16.3. The molecule has 9 heteroatoms. The maximum Gasteiger partial charge on any atom is 0.270 e. The fourth-order valence-electron chi connectivity index (χ4n) is 3.76. The van der Waals surface area contributed by atoms with E-state index in [1.807, 2.05) is 0 Å². The molecule has 0 aliphatic carbocycles. The Labute approximate surface area is 197 Å². The maximum atomic E-state index is 13.4. The first-order valence-electron chi connectivity index (χ1n) is 10.6. The molecule has 0 bridgehead atoms. The van der Waals surface area contributed by atoms with Crippen LogP contribution >= 0.6 is 0 Å². The van der Waals surface area contributed by atoms with Crippen molar-refractivity contribution >= 4 is 33.4 Å². The van der Waals surface area contributed by atoms with Gasteiger partial charge in [0.05, 0.1) is 28.8 Å². The second kappa shape index (κ2) is 9.48. The highest BCUT2D eigenvalue weighted by Gasteiger charge is 2.35. The van der Waals surface area contributed by atoms with Crippen molar-refractivity contribution in [3.8, 4) is 5.75 Å². The van der Waals surface area contributed by atoms with Crippen LogP contribution in [-0.4, -0.2) is 44.7 Å². The van der Waals surface area contributed by atoms with Crippen LogP contribution in [0.25, 0.3) is 0 Å². The topological polar surface area (TPSA) is 101 Å². The zero-order valence-electron chi connectivity index (χ0n) is 18.4. The molecule has 34 heavy (non-hydrogen) atoms. The predicted octanol–water partition coefficient (Wildman–Crippen LogP) is 3.49. The highest BCUT2D eigenvalue weighted by atomic mass is 32.2. The fraction of sp³-hybridized carbons (Fsp3) is 0.160. The molecule has 3 aromatic carbocycles. The first-order valence-corrected chi connectivity index (χ1v) is 12.0. The Balaban J connectivity index is 1.54. The summed E-state index contributed by atoms with van der Waals surface area (Å²) in [4.78, 5) is 39.3. The van der Waals surface area contributed by atoms with Gasteiger partial charge in [-0.1, -0.05) is 30.3 Å². The molecule has 0 aromatic heterocycles. The van der Waals surface area contributed by atoms with Crippen molar-refractivity contribution in [1.82, 2.24) is 4.90 Å². The lowest BCUT2D eigenvalue weighted by Gasteiger charge is -2.23. The van der Waals surface area contributed by atoms with Crippen LogP contribution in [-0.2, 0) is 14.8 Å².